The molecule has 2 rings (SSSR count). The molecule has 0 bridgehead atoms. The number of aryl methyl sites for hydroxylation is 2. The van der Waals surface area contributed by atoms with Crippen LogP contribution in [0.25, 0.3) is 0 Å². The smallest absolute Gasteiger partial charge is 0.118 e. The minimum Gasteiger partial charge on any atom is -0.508 e. The van der Waals surface area contributed by atoms with Crippen LogP contribution in [0.1, 0.15) is 30.9 Å². The van der Waals surface area contributed by atoms with Crippen LogP contribution in [0, 0.1) is 19.8 Å². The highest BCUT2D eigenvalue weighted by atomic mass is 16.3. The minimum atomic E-state index is 0.389. The van der Waals surface area contributed by atoms with Gasteiger partial charge in [-0.1, -0.05) is 6.92 Å². The zero-order chi connectivity index (χ0) is 11.0. The van der Waals surface area contributed by atoms with E-state index < -0.39 is 0 Å². The number of benzene rings is 1. The van der Waals surface area contributed by atoms with Gasteiger partial charge < -0.3 is 10.4 Å². The second-order valence-corrected chi connectivity index (χ2v) is 4.87. The first-order valence-electron chi connectivity index (χ1n) is 5.63. The molecule has 1 aromatic carbocycles. The van der Waals surface area contributed by atoms with Crippen molar-refractivity contribution in [1.29, 1.82) is 0 Å². The highest BCUT2D eigenvalue weighted by molar-refractivity contribution is 5.57. The highest BCUT2D eigenvalue weighted by Gasteiger charge is 2.25. The molecule has 0 saturated heterocycles. The van der Waals surface area contributed by atoms with Crippen LogP contribution < -0.4 is 5.32 Å². The first-order chi connectivity index (χ1) is 7.06. The zero-order valence-electron chi connectivity index (χ0n) is 9.67. The highest BCUT2D eigenvalue weighted by Crippen LogP contribution is 2.32. The van der Waals surface area contributed by atoms with Gasteiger partial charge in [0.05, 0.1) is 0 Å². The van der Waals surface area contributed by atoms with Gasteiger partial charge in [0.25, 0.3) is 0 Å². The summed E-state index contributed by atoms with van der Waals surface area (Å²) in [5.74, 6) is 1.25. The Labute approximate surface area is 91.3 Å². The van der Waals surface area contributed by atoms with Crippen molar-refractivity contribution in [1.82, 2.24) is 0 Å². The first kappa shape index (κ1) is 10.3. The lowest BCUT2D eigenvalue weighted by Crippen LogP contribution is -2.33. The fourth-order valence-electron chi connectivity index (χ4n) is 2.20. The third-order valence-corrected chi connectivity index (χ3v) is 3.28. The summed E-state index contributed by atoms with van der Waals surface area (Å²) < 4.78 is 0. The summed E-state index contributed by atoms with van der Waals surface area (Å²) in [6.45, 7) is 6.25. The van der Waals surface area contributed by atoms with Crippen molar-refractivity contribution < 1.29 is 5.11 Å². The van der Waals surface area contributed by atoms with Gasteiger partial charge in [-0.2, -0.15) is 0 Å². The van der Waals surface area contributed by atoms with Gasteiger partial charge in [0.15, 0.2) is 0 Å². The second kappa shape index (κ2) is 3.76. The van der Waals surface area contributed by atoms with Crippen molar-refractivity contribution in [2.45, 2.75) is 39.7 Å². The molecule has 0 aliphatic heterocycles. The Morgan fingerprint density at radius 1 is 1.20 bits per heavy atom. The van der Waals surface area contributed by atoms with Crippen molar-refractivity contribution in [3.05, 3.63) is 23.3 Å². The van der Waals surface area contributed by atoms with E-state index in [1.165, 1.54) is 18.5 Å². The maximum atomic E-state index is 9.54. The molecule has 0 atom stereocenters. The summed E-state index contributed by atoms with van der Waals surface area (Å²) in [4.78, 5) is 0. The summed E-state index contributed by atoms with van der Waals surface area (Å²) in [7, 11) is 0. The maximum absolute atomic E-state index is 9.54. The van der Waals surface area contributed by atoms with Gasteiger partial charge >= 0.3 is 0 Å². The Morgan fingerprint density at radius 3 is 2.47 bits per heavy atom. The number of aromatic hydroxyl groups is 1. The Balaban J connectivity index is 2.11. The van der Waals surface area contributed by atoms with Gasteiger partial charge in [-0.15, -0.1) is 0 Å². The van der Waals surface area contributed by atoms with Crippen LogP contribution in [-0.2, 0) is 0 Å². The molecule has 0 heterocycles. The van der Waals surface area contributed by atoms with Gasteiger partial charge in [0.1, 0.15) is 5.75 Å². The summed E-state index contributed by atoms with van der Waals surface area (Å²) in [5.41, 5.74) is 3.23. The predicted octanol–water partition coefficient (Wildman–Crippen LogP) is 3.22. The molecular weight excluding hydrogens is 186 g/mol. The summed E-state index contributed by atoms with van der Waals surface area (Å²) in [6, 6.07) is 4.50. The van der Waals surface area contributed by atoms with Crippen LogP contribution in [0.4, 0.5) is 5.69 Å². The standard InChI is InChI=1S/C13H19NO/c1-8-4-11(5-8)14-12-6-10(3)13(15)7-9(12)2/h6-8,11,14-15H,4-5H2,1-3H3. The average Bonchev–Trinajstić information content (AvgIpc) is 2.11. The molecule has 2 heteroatoms. The van der Waals surface area contributed by atoms with E-state index in [4.69, 9.17) is 0 Å². The van der Waals surface area contributed by atoms with Crippen LogP contribution in [0.5, 0.6) is 5.75 Å². The van der Waals surface area contributed by atoms with Crippen molar-refractivity contribution in [2.75, 3.05) is 5.32 Å². The normalized spacial score (nSPS) is 24.7. The summed E-state index contributed by atoms with van der Waals surface area (Å²) >= 11 is 0. The molecule has 1 aliphatic carbocycles. The Hall–Kier alpha value is -1.18. The molecule has 0 amide bonds. The Bertz CT molecular complexity index is 367. The van der Waals surface area contributed by atoms with Crippen LogP contribution >= 0.6 is 0 Å². The van der Waals surface area contributed by atoms with Crippen molar-refractivity contribution in [3.8, 4) is 5.75 Å². The number of nitrogens with one attached hydrogen (secondary N) is 1. The lowest BCUT2D eigenvalue weighted by atomic mass is 9.81. The predicted molar refractivity (Wildman–Crippen MR) is 63.4 cm³/mol. The van der Waals surface area contributed by atoms with Gasteiger partial charge in [0, 0.05) is 11.7 Å². The fourth-order valence-corrected chi connectivity index (χ4v) is 2.20. The van der Waals surface area contributed by atoms with Crippen molar-refractivity contribution in [2.24, 2.45) is 5.92 Å². The molecular formula is C13H19NO. The quantitative estimate of drug-likeness (QED) is 0.726. The third kappa shape index (κ3) is 2.09. The van der Waals surface area contributed by atoms with Crippen LogP contribution in [0.2, 0.25) is 0 Å². The third-order valence-electron chi connectivity index (χ3n) is 3.28. The van der Waals surface area contributed by atoms with E-state index >= 15 is 0 Å². The van der Waals surface area contributed by atoms with E-state index in [2.05, 4.69) is 12.2 Å². The summed E-state index contributed by atoms with van der Waals surface area (Å²) in [6.07, 6.45) is 2.53. The number of phenols is 1. The Kier molecular flexibility index (Phi) is 2.59. The van der Waals surface area contributed by atoms with Gasteiger partial charge in [-0.05, 0) is 55.9 Å². The largest absolute Gasteiger partial charge is 0.508 e. The monoisotopic (exact) mass is 205 g/mol. The lowest BCUT2D eigenvalue weighted by Gasteiger charge is -2.34. The first-order valence-corrected chi connectivity index (χ1v) is 5.63. The van der Waals surface area contributed by atoms with E-state index in [1.807, 2.05) is 26.0 Å². The fraction of sp³-hybridized carbons (Fsp3) is 0.538. The molecule has 1 fully saturated rings. The van der Waals surface area contributed by atoms with Gasteiger partial charge in [0.2, 0.25) is 0 Å². The van der Waals surface area contributed by atoms with Crippen LogP contribution in [0.3, 0.4) is 0 Å². The second-order valence-electron chi connectivity index (χ2n) is 4.87. The van der Waals surface area contributed by atoms with Crippen molar-refractivity contribution >= 4 is 5.69 Å². The molecule has 1 saturated carbocycles. The molecule has 2 nitrogen and oxygen atoms in total. The van der Waals surface area contributed by atoms with E-state index in [-0.39, 0.29) is 0 Å². The molecule has 15 heavy (non-hydrogen) atoms. The molecule has 0 unspecified atom stereocenters. The molecule has 1 aliphatic rings. The number of rotatable bonds is 2. The molecule has 82 valence electrons. The number of anilines is 1. The molecule has 2 N–H and O–H groups in total. The van der Waals surface area contributed by atoms with Crippen LogP contribution in [-0.4, -0.2) is 11.1 Å². The van der Waals surface area contributed by atoms with Crippen molar-refractivity contribution in [3.63, 3.8) is 0 Å². The number of phenolic OH excluding ortho intramolecular Hbond substituents is 1. The molecule has 0 aromatic heterocycles. The van der Waals surface area contributed by atoms with E-state index in [0.29, 0.717) is 11.8 Å². The molecule has 0 radical (unpaired) electrons. The Morgan fingerprint density at radius 2 is 1.87 bits per heavy atom. The van der Waals surface area contributed by atoms with E-state index in [1.54, 1.807) is 0 Å². The topological polar surface area (TPSA) is 32.3 Å². The maximum Gasteiger partial charge on any atom is 0.118 e. The average molecular weight is 205 g/mol. The molecule has 1 aromatic rings. The zero-order valence-corrected chi connectivity index (χ0v) is 9.67. The SMILES string of the molecule is Cc1cc(NC2CC(C)C2)c(C)cc1O. The van der Waals surface area contributed by atoms with Gasteiger partial charge in [-0.3, -0.25) is 0 Å². The van der Waals surface area contributed by atoms with Gasteiger partial charge in [-0.25, -0.2) is 0 Å². The van der Waals surface area contributed by atoms with E-state index in [0.717, 1.165) is 17.0 Å². The minimum absolute atomic E-state index is 0.389. The summed E-state index contributed by atoms with van der Waals surface area (Å²) in [5, 5.41) is 13.1. The number of hydrogen-bond donors (Lipinski definition) is 2. The number of hydrogen-bond acceptors (Lipinski definition) is 2. The van der Waals surface area contributed by atoms with Crippen LogP contribution in [0.15, 0.2) is 12.1 Å². The van der Waals surface area contributed by atoms with E-state index in [9.17, 15) is 5.11 Å². The molecule has 0 spiro atoms. The lowest BCUT2D eigenvalue weighted by molar-refractivity contribution is 0.309.